The average Bonchev–Trinajstić information content (AvgIpc) is 2.42. The standard InChI is InChI=1S/C16H25ClN2O2/c1-11(2)21-16-5-4-13(8-14(16)17)15(10-20)19-7-6-18-12(3)9-19/h4-5,8,11-12,15,18,20H,6-7,9-10H2,1-3H3. The summed E-state index contributed by atoms with van der Waals surface area (Å²) in [5.41, 5.74) is 1.03. The number of benzene rings is 1. The molecule has 1 aromatic rings. The van der Waals surface area contributed by atoms with Gasteiger partial charge in [0.2, 0.25) is 0 Å². The highest BCUT2D eigenvalue weighted by Gasteiger charge is 2.24. The van der Waals surface area contributed by atoms with Crippen LogP contribution in [0.5, 0.6) is 5.75 Å². The van der Waals surface area contributed by atoms with E-state index in [1.165, 1.54) is 0 Å². The lowest BCUT2D eigenvalue weighted by Gasteiger charge is -2.37. The molecule has 2 rings (SSSR count). The molecule has 4 nitrogen and oxygen atoms in total. The number of halogens is 1. The molecule has 1 aliphatic rings. The van der Waals surface area contributed by atoms with Crippen LogP contribution in [0.2, 0.25) is 5.02 Å². The van der Waals surface area contributed by atoms with Crippen molar-refractivity contribution < 1.29 is 9.84 Å². The molecule has 0 aromatic heterocycles. The quantitative estimate of drug-likeness (QED) is 0.876. The van der Waals surface area contributed by atoms with Crippen LogP contribution < -0.4 is 10.1 Å². The zero-order chi connectivity index (χ0) is 15.4. The molecule has 0 saturated carbocycles. The number of aliphatic hydroxyl groups excluding tert-OH is 1. The van der Waals surface area contributed by atoms with Crippen molar-refractivity contribution in [2.24, 2.45) is 0 Å². The fourth-order valence-electron chi connectivity index (χ4n) is 2.75. The van der Waals surface area contributed by atoms with Crippen molar-refractivity contribution in [3.8, 4) is 5.75 Å². The minimum atomic E-state index is -0.0138. The highest BCUT2D eigenvalue weighted by atomic mass is 35.5. The van der Waals surface area contributed by atoms with Gasteiger partial charge in [-0.05, 0) is 38.5 Å². The van der Waals surface area contributed by atoms with Gasteiger partial charge in [0, 0.05) is 25.7 Å². The first-order chi connectivity index (χ1) is 10.0. The molecule has 1 fully saturated rings. The van der Waals surface area contributed by atoms with E-state index >= 15 is 0 Å². The second-order valence-corrected chi connectivity index (χ2v) is 6.31. The molecule has 2 atom stereocenters. The Morgan fingerprint density at radius 3 is 2.81 bits per heavy atom. The first kappa shape index (κ1) is 16.6. The Kier molecular flexibility index (Phi) is 5.88. The monoisotopic (exact) mass is 312 g/mol. The Labute approximate surface area is 132 Å². The molecular weight excluding hydrogens is 288 g/mol. The molecule has 0 aliphatic carbocycles. The van der Waals surface area contributed by atoms with Crippen LogP contribution in [0.1, 0.15) is 32.4 Å². The molecule has 2 unspecified atom stereocenters. The average molecular weight is 313 g/mol. The fourth-order valence-corrected chi connectivity index (χ4v) is 2.98. The van der Waals surface area contributed by atoms with Crippen LogP contribution in [-0.2, 0) is 0 Å². The summed E-state index contributed by atoms with van der Waals surface area (Å²) in [6, 6.07) is 6.22. The number of nitrogens with one attached hydrogen (secondary N) is 1. The summed E-state index contributed by atoms with van der Waals surface area (Å²) in [5, 5.41) is 13.8. The largest absolute Gasteiger partial charge is 0.489 e. The molecular formula is C16H25ClN2O2. The Bertz CT molecular complexity index is 468. The van der Waals surface area contributed by atoms with Crippen LogP contribution in [0.15, 0.2) is 18.2 Å². The van der Waals surface area contributed by atoms with Crippen molar-refractivity contribution in [3.63, 3.8) is 0 Å². The molecule has 0 spiro atoms. The highest BCUT2D eigenvalue weighted by Crippen LogP contribution is 2.31. The zero-order valence-electron chi connectivity index (χ0n) is 13.0. The number of rotatable bonds is 5. The first-order valence-corrected chi connectivity index (χ1v) is 7.93. The van der Waals surface area contributed by atoms with Crippen molar-refractivity contribution in [2.45, 2.75) is 39.0 Å². The number of hydrogen-bond acceptors (Lipinski definition) is 4. The number of aliphatic hydroxyl groups is 1. The Hall–Kier alpha value is -0.810. The van der Waals surface area contributed by atoms with Gasteiger partial charge in [-0.3, -0.25) is 4.90 Å². The minimum absolute atomic E-state index is 0.0138. The Morgan fingerprint density at radius 1 is 1.48 bits per heavy atom. The number of piperazine rings is 1. The van der Waals surface area contributed by atoms with Gasteiger partial charge in [0.15, 0.2) is 0 Å². The maximum absolute atomic E-state index is 9.79. The normalized spacial score (nSPS) is 21.5. The summed E-state index contributed by atoms with van der Waals surface area (Å²) in [5.74, 6) is 0.695. The predicted molar refractivity (Wildman–Crippen MR) is 86.1 cm³/mol. The van der Waals surface area contributed by atoms with E-state index in [0.29, 0.717) is 16.8 Å². The van der Waals surface area contributed by atoms with Gasteiger partial charge < -0.3 is 15.2 Å². The van der Waals surface area contributed by atoms with E-state index in [1.54, 1.807) is 0 Å². The maximum atomic E-state index is 9.79. The second-order valence-electron chi connectivity index (χ2n) is 5.90. The SMILES string of the molecule is CC1CN(C(CO)c2ccc(OC(C)C)c(Cl)c2)CCN1. The van der Waals surface area contributed by atoms with Gasteiger partial charge in [0.25, 0.3) is 0 Å². The third kappa shape index (κ3) is 4.33. The van der Waals surface area contributed by atoms with Crippen LogP contribution in [0.3, 0.4) is 0 Å². The lowest BCUT2D eigenvalue weighted by Crippen LogP contribution is -2.50. The number of hydrogen-bond donors (Lipinski definition) is 2. The van der Waals surface area contributed by atoms with Crippen molar-refractivity contribution >= 4 is 11.6 Å². The number of ether oxygens (including phenoxy) is 1. The van der Waals surface area contributed by atoms with Crippen LogP contribution in [-0.4, -0.2) is 48.4 Å². The van der Waals surface area contributed by atoms with Gasteiger partial charge in [-0.25, -0.2) is 0 Å². The summed E-state index contributed by atoms with van der Waals surface area (Å²) in [6.45, 7) is 9.00. The van der Waals surface area contributed by atoms with E-state index in [0.717, 1.165) is 25.2 Å². The second kappa shape index (κ2) is 7.45. The zero-order valence-corrected chi connectivity index (χ0v) is 13.7. The van der Waals surface area contributed by atoms with Crippen molar-refractivity contribution in [3.05, 3.63) is 28.8 Å². The molecule has 21 heavy (non-hydrogen) atoms. The maximum Gasteiger partial charge on any atom is 0.138 e. The lowest BCUT2D eigenvalue weighted by molar-refractivity contribution is 0.0962. The number of nitrogens with zero attached hydrogens (tertiary/aromatic N) is 1. The van der Waals surface area contributed by atoms with Gasteiger partial charge >= 0.3 is 0 Å². The van der Waals surface area contributed by atoms with Crippen LogP contribution >= 0.6 is 11.6 Å². The third-order valence-corrected chi connectivity index (χ3v) is 4.01. The van der Waals surface area contributed by atoms with Gasteiger partial charge in [-0.1, -0.05) is 17.7 Å². The topological polar surface area (TPSA) is 44.7 Å². The van der Waals surface area contributed by atoms with Gasteiger partial charge in [0.1, 0.15) is 5.75 Å². The van der Waals surface area contributed by atoms with Gasteiger partial charge in [0.05, 0.1) is 23.8 Å². The van der Waals surface area contributed by atoms with E-state index in [4.69, 9.17) is 16.3 Å². The van der Waals surface area contributed by atoms with E-state index in [9.17, 15) is 5.11 Å². The van der Waals surface area contributed by atoms with Crippen LogP contribution in [0, 0.1) is 0 Å². The van der Waals surface area contributed by atoms with Gasteiger partial charge in [-0.2, -0.15) is 0 Å². The predicted octanol–water partition coefficient (Wildman–Crippen LogP) is 2.45. The molecule has 1 saturated heterocycles. The van der Waals surface area contributed by atoms with Crippen molar-refractivity contribution in [1.82, 2.24) is 10.2 Å². The molecule has 2 N–H and O–H groups in total. The Morgan fingerprint density at radius 2 is 2.24 bits per heavy atom. The smallest absolute Gasteiger partial charge is 0.138 e. The van der Waals surface area contributed by atoms with Crippen LogP contribution in [0.4, 0.5) is 0 Å². The Balaban J connectivity index is 2.16. The molecule has 118 valence electrons. The molecule has 0 amide bonds. The van der Waals surface area contributed by atoms with E-state index in [1.807, 2.05) is 32.0 Å². The third-order valence-electron chi connectivity index (χ3n) is 3.72. The summed E-state index contributed by atoms with van der Waals surface area (Å²) in [6.07, 6.45) is 0.0935. The van der Waals surface area contributed by atoms with Crippen molar-refractivity contribution in [2.75, 3.05) is 26.2 Å². The van der Waals surface area contributed by atoms with E-state index in [-0.39, 0.29) is 18.8 Å². The van der Waals surface area contributed by atoms with Crippen molar-refractivity contribution in [1.29, 1.82) is 0 Å². The van der Waals surface area contributed by atoms with E-state index in [2.05, 4.69) is 17.1 Å². The summed E-state index contributed by atoms with van der Waals surface area (Å²) >= 11 is 6.30. The van der Waals surface area contributed by atoms with Crippen LogP contribution in [0.25, 0.3) is 0 Å². The summed E-state index contributed by atoms with van der Waals surface area (Å²) < 4.78 is 5.66. The summed E-state index contributed by atoms with van der Waals surface area (Å²) in [7, 11) is 0. The lowest BCUT2D eigenvalue weighted by atomic mass is 10.0. The molecule has 1 heterocycles. The molecule has 5 heteroatoms. The minimum Gasteiger partial charge on any atom is -0.489 e. The van der Waals surface area contributed by atoms with E-state index < -0.39 is 0 Å². The molecule has 1 aliphatic heterocycles. The molecule has 1 aromatic carbocycles. The molecule has 0 radical (unpaired) electrons. The first-order valence-electron chi connectivity index (χ1n) is 7.55. The molecule has 0 bridgehead atoms. The summed E-state index contributed by atoms with van der Waals surface area (Å²) in [4.78, 5) is 2.30. The van der Waals surface area contributed by atoms with Gasteiger partial charge in [-0.15, -0.1) is 0 Å². The highest BCUT2D eigenvalue weighted by molar-refractivity contribution is 6.32. The fraction of sp³-hybridized carbons (Fsp3) is 0.625.